The number of nitrogens with zero attached hydrogens (tertiary/aromatic N) is 1. The number of aromatic nitrogens is 1. The van der Waals surface area contributed by atoms with Gasteiger partial charge < -0.3 is 10.3 Å². The van der Waals surface area contributed by atoms with E-state index in [-0.39, 0.29) is 10.5 Å². The minimum absolute atomic E-state index is 0.123. The molecule has 1 amide bonds. The summed E-state index contributed by atoms with van der Waals surface area (Å²) in [6, 6.07) is 15.1. The van der Waals surface area contributed by atoms with Crippen LogP contribution in [0.5, 0.6) is 0 Å². The molecule has 2 N–H and O–H groups in total. The highest BCUT2D eigenvalue weighted by Crippen LogP contribution is 2.26. The van der Waals surface area contributed by atoms with Crippen molar-refractivity contribution in [2.24, 2.45) is 5.92 Å². The average Bonchev–Trinajstić information content (AvgIpc) is 2.77. The summed E-state index contributed by atoms with van der Waals surface area (Å²) in [5.74, 6) is -0.124. The Bertz CT molecular complexity index is 1270. The first-order valence-electron chi connectivity index (χ1n) is 10.3. The SMILES string of the molecule is C[C@H]1CCCN(S(=O)(=O)c2ccc3[nH]c(=O)cc(C(=O)NCc4ccccc4)c3c2)C1. The van der Waals surface area contributed by atoms with E-state index in [0.717, 1.165) is 18.4 Å². The van der Waals surface area contributed by atoms with Gasteiger partial charge in [0.25, 0.3) is 5.91 Å². The number of piperidine rings is 1. The minimum atomic E-state index is -3.68. The fourth-order valence-electron chi connectivity index (χ4n) is 3.97. The number of nitrogens with one attached hydrogen (secondary N) is 2. The number of amides is 1. The molecule has 0 spiro atoms. The molecule has 162 valence electrons. The lowest BCUT2D eigenvalue weighted by atomic mass is 10.0. The van der Waals surface area contributed by atoms with E-state index in [4.69, 9.17) is 0 Å². The molecule has 0 unspecified atom stereocenters. The van der Waals surface area contributed by atoms with Gasteiger partial charge in [-0.25, -0.2) is 8.42 Å². The van der Waals surface area contributed by atoms with Crippen LogP contribution in [0.4, 0.5) is 0 Å². The highest BCUT2D eigenvalue weighted by atomic mass is 32.2. The number of aromatic amines is 1. The third kappa shape index (κ3) is 4.55. The van der Waals surface area contributed by atoms with Crippen LogP contribution in [0.25, 0.3) is 10.9 Å². The van der Waals surface area contributed by atoms with Gasteiger partial charge >= 0.3 is 0 Å². The zero-order valence-electron chi connectivity index (χ0n) is 17.3. The van der Waals surface area contributed by atoms with Gasteiger partial charge in [0.05, 0.1) is 10.5 Å². The molecule has 2 heterocycles. The second-order valence-electron chi connectivity index (χ2n) is 8.03. The molecule has 1 fully saturated rings. The van der Waals surface area contributed by atoms with Crippen molar-refractivity contribution in [1.29, 1.82) is 0 Å². The summed E-state index contributed by atoms with van der Waals surface area (Å²) in [5.41, 5.74) is 1.08. The number of pyridine rings is 1. The summed E-state index contributed by atoms with van der Waals surface area (Å²) in [4.78, 5) is 27.8. The molecule has 1 aliphatic heterocycles. The van der Waals surface area contributed by atoms with Crippen LogP contribution >= 0.6 is 0 Å². The molecular formula is C23H25N3O4S. The molecule has 1 atom stereocenters. The van der Waals surface area contributed by atoms with E-state index in [1.807, 2.05) is 37.3 Å². The molecule has 4 rings (SSSR count). The zero-order chi connectivity index (χ0) is 22.0. The Morgan fingerprint density at radius 1 is 1.16 bits per heavy atom. The van der Waals surface area contributed by atoms with E-state index in [1.165, 1.54) is 22.5 Å². The quantitative estimate of drug-likeness (QED) is 0.639. The van der Waals surface area contributed by atoms with Crippen LogP contribution in [-0.4, -0.2) is 36.7 Å². The van der Waals surface area contributed by atoms with Crippen LogP contribution in [-0.2, 0) is 16.6 Å². The number of benzene rings is 2. The van der Waals surface area contributed by atoms with Crippen molar-refractivity contribution in [3.05, 3.63) is 76.1 Å². The zero-order valence-corrected chi connectivity index (χ0v) is 18.1. The van der Waals surface area contributed by atoms with E-state index < -0.39 is 21.5 Å². The monoisotopic (exact) mass is 439 g/mol. The number of carbonyl (C=O) groups excluding carboxylic acids is 1. The van der Waals surface area contributed by atoms with Crippen molar-refractivity contribution in [3.8, 4) is 0 Å². The van der Waals surface area contributed by atoms with Crippen molar-refractivity contribution in [2.45, 2.75) is 31.2 Å². The Morgan fingerprint density at radius 3 is 2.68 bits per heavy atom. The number of fused-ring (bicyclic) bond motifs is 1. The third-order valence-electron chi connectivity index (χ3n) is 5.61. The Hall–Kier alpha value is -2.97. The van der Waals surface area contributed by atoms with Gasteiger partial charge in [-0.3, -0.25) is 9.59 Å². The standard InChI is InChI=1S/C23H25N3O4S/c1-16-6-5-11-26(15-16)31(29,30)18-9-10-21-19(12-18)20(13-22(27)25-21)23(28)24-14-17-7-3-2-4-8-17/h2-4,7-10,12-13,16H,5-6,11,14-15H2,1H3,(H,24,28)(H,25,27)/t16-/m0/s1. The van der Waals surface area contributed by atoms with E-state index in [0.29, 0.717) is 36.5 Å². The van der Waals surface area contributed by atoms with Gasteiger partial charge in [-0.2, -0.15) is 4.31 Å². The summed E-state index contributed by atoms with van der Waals surface area (Å²) in [6.45, 7) is 3.32. The molecule has 0 radical (unpaired) electrons. The van der Waals surface area contributed by atoms with Gasteiger partial charge in [0.2, 0.25) is 15.6 Å². The molecule has 1 aliphatic rings. The number of sulfonamides is 1. The predicted octanol–water partition coefficient (Wildman–Crippen LogP) is 2.88. The van der Waals surface area contributed by atoms with E-state index in [1.54, 1.807) is 6.07 Å². The van der Waals surface area contributed by atoms with E-state index >= 15 is 0 Å². The van der Waals surface area contributed by atoms with Crippen LogP contribution in [0.3, 0.4) is 0 Å². The highest BCUT2D eigenvalue weighted by molar-refractivity contribution is 7.89. The van der Waals surface area contributed by atoms with Crippen LogP contribution in [0.1, 0.15) is 35.7 Å². The second-order valence-corrected chi connectivity index (χ2v) is 9.97. The molecule has 0 saturated carbocycles. The Labute approximate surface area is 181 Å². The van der Waals surface area contributed by atoms with Crippen molar-refractivity contribution in [1.82, 2.24) is 14.6 Å². The van der Waals surface area contributed by atoms with E-state index in [2.05, 4.69) is 10.3 Å². The fourth-order valence-corrected chi connectivity index (χ4v) is 5.59. The third-order valence-corrected chi connectivity index (χ3v) is 7.47. The Balaban J connectivity index is 1.69. The maximum Gasteiger partial charge on any atom is 0.252 e. The van der Waals surface area contributed by atoms with Crippen molar-refractivity contribution >= 4 is 26.8 Å². The largest absolute Gasteiger partial charge is 0.348 e. The number of carbonyl (C=O) groups is 1. The lowest BCUT2D eigenvalue weighted by Crippen LogP contribution is -2.39. The van der Waals surface area contributed by atoms with Crippen LogP contribution in [0.15, 0.2) is 64.3 Å². The number of H-pyrrole nitrogens is 1. The molecule has 0 aliphatic carbocycles. The predicted molar refractivity (Wildman–Crippen MR) is 119 cm³/mol. The first-order valence-corrected chi connectivity index (χ1v) is 11.8. The topological polar surface area (TPSA) is 99.3 Å². The highest BCUT2D eigenvalue weighted by Gasteiger charge is 2.29. The number of hydrogen-bond acceptors (Lipinski definition) is 4. The normalized spacial score (nSPS) is 17.5. The average molecular weight is 440 g/mol. The Morgan fingerprint density at radius 2 is 1.94 bits per heavy atom. The fraction of sp³-hybridized carbons (Fsp3) is 0.304. The Kier molecular flexibility index (Phi) is 5.93. The number of hydrogen-bond donors (Lipinski definition) is 2. The maximum absolute atomic E-state index is 13.2. The van der Waals surface area contributed by atoms with Gasteiger partial charge in [-0.1, -0.05) is 37.3 Å². The smallest absolute Gasteiger partial charge is 0.252 e. The molecule has 7 nitrogen and oxygen atoms in total. The molecule has 31 heavy (non-hydrogen) atoms. The van der Waals surface area contributed by atoms with E-state index in [9.17, 15) is 18.0 Å². The molecular weight excluding hydrogens is 414 g/mol. The van der Waals surface area contributed by atoms with Crippen molar-refractivity contribution in [3.63, 3.8) is 0 Å². The van der Waals surface area contributed by atoms with Crippen molar-refractivity contribution in [2.75, 3.05) is 13.1 Å². The first kappa shape index (κ1) is 21.3. The second kappa shape index (κ2) is 8.64. The molecule has 8 heteroatoms. The lowest BCUT2D eigenvalue weighted by Gasteiger charge is -2.30. The van der Waals surface area contributed by atoms with Crippen LogP contribution < -0.4 is 10.9 Å². The molecule has 2 aromatic carbocycles. The molecule has 3 aromatic rings. The minimum Gasteiger partial charge on any atom is -0.348 e. The van der Waals surface area contributed by atoms with Crippen molar-refractivity contribution < 1.29 is 13.2 Å². The summed E-state index contributed by atoms with van der Waals surface area (Å²) >= 11 is 0. The van der Waals surface area contributed by atoms with Crippen LogP contribution in [0.2, 0.25) is 0 Å². The molecule has 0 bridgehead atoms. The van der Waals surface area contributed by atoms with Crippen LogP contribution in [0, 0.1) is 5.92 Å². The van der Waals surface area contributed by atoms with Gasteiger partial charge in [0, 0.05) is 36.6 Å². The summed E-state index contributed by atoms with van der Waals surface area (Å²) in [5, 5.41) is 3.21. The first-order chi connectivity index (χ1) is 14.8. The van der Waals surface area contributed by atoms with Gasteiger partial charge in [-0.15, -0.1) is 0 Å². The summed E-state index contributed by atoms with van der Waals surface area (Å²) in [7, 11) is -3.68. The maximum atomic E-state index is 13.2. The van der Waals surface area contributed by atoms with Gasteiger partial charge in [0.1, 0.15) is 0 Å². The summed E-state index contributed by atoms with van der Waals surface area (Å²) in [6.07, 6.45) is 1.84. The molecule has 1 saturated heterocycles. The summed E-state index contributed by atoms with van der Waals surface area (Å²) < 4.78 is 27.9. The van der Waals surface area contributed by atoms with Gasteiger partial charge in [-0.05, 0) is 42.5 Å². The van der Waals surface area contributed by atoms with Gasteiger partial charge in [0.15, 0.2) is 0 Å². The lowest BCUT2D eigenvalue weighted by molar-refractivity contribution is 0.0952. The molecule has 1 aromatic heterocycles. The number of rotatable bonds is 5.